The van der Waals surface area contributed by atoms with Crippen LogP contribution in [0.1, 0.15) is 33.1 Å². The van der Waals surface area contributed by atoms with Crippen molar-refractivity contribution in [2.24, 2.45) is 11.8 Å². The quantitative estimate of drug-likeness (QED) is 0.623. The number of hydrogen-bond acceptors (Lipinski definition) is 2. The van der Waals surface area contributed by atoms with Crippen LogP contribution in [0.15, 0.2) is 0 Å². The van der Waals surface area contributed by atoms with Crippen molar-refractivity contribution in [2.45, 2.75) is 45.4 Å². The lowest BCUT2D eigenvalue weighted by atomic mass is 9.77. The Labute approximate surface area is 91.8 Å². The number of ether oxygens (including phenoxy) is 1. The molecule has 3 atom stereocenters. The van der Waals surface area contributed by atoms with E-state index in [1.807, 2.05) is 4.90 Å². The molecular weight excluding hydrogens is 193 g/mol. The molecule has 3 unspecified atom stereocenters. The molecule has 15 heavy (non-hydrogen) atoms. The predicted molar refractivity (Wildman–Crippen MR) is 58.4 cm³/mol. The van der Waals surface area contributed by atoms with E-state index in [4.69, 9.17) is 4.74 Å². The summed E-state index contributed by atoms with van der Waals surface area (Å²) in [5.41, 5.74) is 0. The molecule has 0 aromatic rings. The van der Waals surface area contributed by atoms with Gasteiger partial charge in [-0.25, -0.2) is 4.39 Å². The first kappa shape index (κ1) is 11.3. The van der Waals surface area contributed by atoms with Gasteiger partial charge in [-0.3, -0.25) is 4.90 Å². The zero-order valence-corrected chi connectivity index (χ0v) is 9.79. The average molecular weight is 215 g/mol. The van der Waals surface area contributed by atoms with E-state index in [2.05, 4.69) is 13.8 Å². The van der Waals surface area contributed by atoms with E-state index in [0.29, 0.717) is 24.5 Å². The van der Waals surface area contributed by atoms with Crippen LogP contribution in [-0.4, -0.2) is 37.0 Å². The molecule has 1 heterocycles. The molecule has 0 aromatic carbocycles. The molecule has 1 aliphatic heterocycles. The van der Waals surface area contributed by atoms with Crippen LogP contribution in [-0.2, 0) is 4.74 Å². The Bertz CT molecular complexity index is 202. The number of alkyl halides is 1. The second kappa shape index (κ2) is 4.79. The number of morpholine rings is 1. The van der Waals surface area contributed by atoms with Crippen LogP contribution in [0.3, 0.4) is 0 Å². The molecular formula is C12H22FNO. The molecule has 2 aliphatic rings. The van der Waals surface area contributed by atoms with Crippen molar-refractivity contribution in [3.63, 3.8) is 0 Å². The van der Waals surface area contributed by atoms with Gasteiger partial charge in [0.25, 0.3) is 0 Å². The molecule has 2 nitrogen and oxygen atoms in total. The SMILES string of the molecule is CC1CCCC(C)C1N1CCOCC1F. The zero-order chi connectivity index (χ0) is 10.8. The topological polar surface area (TPSA) is 12.5 Å². The highest BCUT2D eigenvalue weighted by molar-refractivity contribution is 4.87. The lowest BCUT2D eigenvalue weighted by Gasteiger charge is -2.45. The van der Waals surface area contributed by atoms with Gasteiger partial charge in [-0.2, -0.15) is 0 Å². The van der Waals surface area contributed by atoms with E-state index >= 15 is 0 Å². The third kappa shape index (κ3) is 2.34. The molecule has 0 aromatic heterocycles. The van der Waals surface area contributed by atoms with Gasteiger partial charge >= 0.3 is 0 Å². The van der Waals surface area contributed by atoms with E-state index in [1.54, 1.807) is 0 Å². The van der Waals surface area contributed by atoms with Gasteiger partial charge in [0.05, 0.1) is 13.2 Å². The van der Waals surface area contributed by atoms with Crippen molar-refractivity contribution >= 4 is 0 Å². The highest BCUT2D eigenvalue weighted by Gasteiger charge is 2.37. The van der Waals surface area contributed by atoms with Crippen molar-refractivity contribution in [2.75, 3.05) is 19.8 Å². The predicted octanol–water partition coefficient (Wildman–Crippen LogP) is 2.44. The third-order valence-electron chi connectivity index (χ3n) is 3.98. The van der Waals surface area contributed by atoms with Gasteiger partial charge in [0, 0.05) is 12.6 Å². The molecule has 2 rings (SSSR count). The maximum absolute atomic E-state index is 13.8. The molecule has 0 N–H and O–H groups in total. The summed E-state index contributed by atoms with van der Waals surface area (Å²) in [5, 5.41) is 0. The monoisotopic (exact) mass is 215 g/mol. The van der Waals surface area contributed by atoms with Crippen LogP contribution in [0.2, 0.25) is 0 Å². The van der Waals surface area contributed by atoms with Gasteiger partial charge in [-0.1, -0.05) is 20.3 Å². The summed E-state index contributed by atoms with van der Waals surface area (Å²) in [7, 11) is 0. The molecule has 2 fully saturated rings. The minimum Gasteiger partial charge on any atom is -0.376 e. The molecule has 88 valence electrons. The molecule has 0 amide bonds. The fraction of sp³-hybridized carbons (Fsp3) is 1.00. The number of halogens is 1. The molecule has 1 aliphatic carbocycles. The maximum Gasteiger partial charge on any atom is 0.177 e. The van der Waals surface area contributed by atoms with Gasteiger partial charge in [-0.15, -0.1) is 0 Å². The fourth-order valence-corrected chi connectivity index (χ4v) is 3.24. The van der Waals surface area contributed by atoms with Crippen molar-refractivity contribution < 1.29 is 9.13 Å². The van der Waals surface area contributed by atoms with Crippen LogP contribution in [0, 0.1) is 11.8 Å². The van der Waals surface area contributed by atoms with E-state index in [9.17, 15) is 4.39 Å². The first-order valence-electron chi connectivity index (χ1n) is 6.17. The van der Waals surface area contributed by atoms with E-state index in [1.165, 1.54) is 19.3 Å². The first-order chi connectivity index (χ1) is 7.20. The zero-order valence-electron chi connectivity index (χ0n) is 9.79. The smallest absolute Gasteiger partial charge is 0.177 e. The Morgan fingerprint density at radius 3 is 2.47 bits per heavy atom. The van der Waals surface area contributed by atoms with Crippen LogP contribution in [0.25, 0.3) is 0 Å². The maximum atomic E-state index is 13.8. The van der Waals surface area contributed by atoms with Gasteiger partial charge in [0.15, 0.2) is 6.30 Å². The number of hydrogen-bond donors (Lipinski definition) is 0. The Morgan fingerprint density at radius 1 is 1.20 bits per heavy atom. The number of rotatable bonds is 1. The van der Waals surface area contributed by atoms with Gasteiger partial charge in [-0.05, 0) is 24.7 Å². The second-order valence-corrected chi connectivity index (χ2v) is 5.12. The van der Waals surface area contributed by atoms with Crippen molar-refractivity contribution in [1.82, 2.24) is 4.90 Å². The summed E-state index contributed by atoms with van der Waals surface area (Å²) in [6.07, 6.45) is 2.92. The minimum absolute atomic E-state index is 0.260. The summed E-state index contributed by atoms with van der Waals surface area (Å²) in [5.74, 6) is 1.26. The van der Waals surface area contributed by atoms with Crippen molar-refractivity contribution in [1.29, 1.82) is 0 Å². The summed E-state index contributed by atoms with van der Waals surface area (Å²) < 4.78 is 18.9. The number of nitrogens with zero attached hydrogens (tertiary/aromatic N) is 1. The normalized spacial score (nSPS) is 44.2. The highest BCUT2D eigenvalue weighted by atomic mass is 19.1. The summed E-state index contributed by atoms with van der Waals surface area (Å²) >= 11 is 0. The summed E-state index contributed by atoms with van der Waals surface area (Å²) in [6.45, 7) is 6.25. The average Bonchev–Trinajstić information content (AvgIpc) is 2.20. The van der Waals surface area contributed by atoms with Gasteiger partial charge in [0.2, 0.25) is 0 Å². The van der Waals surface area contributed by atoms with E-state index in [0.717, 1.165) is 6.54 Å². The highest BCUT2D eigenvalue weighted by Crippen LogP contribution is 2.34. The van der Waals surface area contributed by atoms with Crippen molar-refractivity contribution in [3.8, 4) is 0 Å². The lowest BCUT2D eigenvalue weighted by molar-refractivity contribution is -0.107. The third-order valence-corrected chi connectivity index (χ3v) is 3.98. The van der Waals surface area contributed by atoms with Gasteiger partial charge < -0.3 is 4.74 Å². The van der Waals surface area contributed by atoms with E-state index < -0.39 is 6.30 Å². The Balaban J connectivity index is 2.05. The molecule has 1 saturated carbocycles. The lowest BCUT2D eigenvalue weighted by Crippen LogP contribution is -2.54. The minimum atomic E-state index is -0.883. The van der Waals surface area contributed by atoms with Crippen LogP contribution in [0.5, 0.6) is 0 Å². The van der Waals surface area contributed by atoms with Crippen molar-refractivity contribution in [3.05, 3.63) is 0 Å². The van der Waals surface area contributed by atoms with Crippen LogP contribution in [0.4, 0.5) is 4.39 Å². The molecule has 3 heteroatoms. The standard InChI is InChI=1S/C12H22FNO/c1-9-4-3-5-10(2)12(9)14-6-7-15-8-11(14)13/h9-12H,3-8H2,1-2H3. The summed E-state index contributed by atoms with van der Waals surface area (Å²) in [4.78, 5) is 2.04. The second-order valence-electron chi connectivity index (χ2n) is 5.12. The van der Waals surface area contributed by atoms with E-state index in [-0.39, 0.29) is 6.61 Å². The largest absolute Gasteiger partial charge is 0.376 e. The molecule has 0 bridgehead atoms. The molecule has 0 spiro atoms. The molecule has 1 saturated heterocycles. The first-order valence-corrected chi connectivity index (χ1v) is 6.17. The summed E-state index contributed by atoms with van der Waals surface area (Å²) in [6, 6.07) is 0.428. The Hall–Kier alpha value is -0.150. The Kier molecular flexibility index (Phi) is 3.62. The van der Waals surface area contributed by atoms with Crippen LogP contribution < -0.4 is 0 Å². The fourth-order valence-electron chi connectivity index (χ4n) is 3.24. The Morgan fingerprint density at radius 2 is 1.87 bits per heavy atom. The van der Waals surface area contributed by atoms with Gasteiger partial charge in [0.1, 0.15) is 0 Å². The molecule has 0 radical (unpaired) electrons. The van der Waals surface area contributed by atoms with Crippen LogP contribution >= 0.6 is 0 Å².